The topological polar surface area (TPSA) is 60.7 Å². The summed E-state index contributed by atoms with van der Waals surface area (Å²) in [5.41, 5.74) is 2.45. The van der Waals surface area contributed by atoms with Gasteiger partial charge in [0, 0.05) is 29.9 Å². The van der Waals surface area contributed by atoms with Crippen LogP contribution in [0.25, 0.3) is 22.2 Å². The Hall–Kier alpha value is -3.48. The molecule has 0 aliphatic heterocycles. The van der Waals surface area contributed by atoms with Crippen LogP contribution in [-0.4, -0.2) is 22.4 Å². The molecule has 28 heavy (non-hydrogen) atoms. The van der Waals surface area contributed by atoms with Crippen LogP contribution in [0.2, 0.25) is 0 Å². The van der Waals surface area contributed by atoms with Crippen molar-refractivity contribution in [3.8, 4) is 11.3 Å². The van der Waals surface area contributed by atoms with Gasteiger partial charge >= 0.3 is 0 Å². The van der Waals surface area contributed by atoms with Crippen molar-refractivity contribution in [2.24, 2.45) is 0 Å². The monoisotopic (exact) mass is 383 g/mol. The minimum Gasteiger partial charge on any atom is -0.357 e. The van der Waals surface area contributed by atoms with Gasteiger partial charge in [-0.05, 0) is 60.0 Å². The van der Waals surface area contributed by atoms with Crippen LogP contribution < -0.4 is 5.32 Å². The zero-order chi connectivity index (χ0) is 19.7. The minimum absolute atomic E-state index is 0.173. The lowest BCUT2D eigenvalue weighted by Crippen LogP contribution is -2.26. The smallest absolute Gasteiger partial charge is 0.267 e. The number of aromatic amines is 2. The summed E-state index contributed by atoms with van der Waals surface area (Å²) in [6.07, 6.45) is 1.98. The van der Waals surface area contributed by atoms with E-state index < -0.39 is 17.5 Å². The lowest BCUT2D eigenvalue weighted by atomic mass is 10.0. The lowest BCUT2D eigenvalue weighted by Gasteiger charge is -2.07. The van der Waals surface area contributed by atoms with Crippen molar-refractivity contribution < 1.29 is 18.0 Å². The summed E-state index contributed by atoms with van der Waals surface area (Å²) in [4.78, 5) is 17.9. The van der Waals surface area contributed by atoms with Crippen LogP contribution >= 0.6 is 0 Å². The fraction of sp³-hybridized carbons (Fsp3) is 0.0952. The molecule has 4 aromatic rings. The molecule has 142 valence electrons. The summed E-state index contributed by atoms with van der Waals surface area (Å²) in [6, 6.07) is 11.2. The number of aromatic nitrogens is 2. The zero-order valence-corrected chi connectivity index (χ0v) is 14.7. The highest BCUT2D eigenvalue weighted by Crippen LogP contribution is 2.32. The highest BCUT2D eigenvalue weighted by atomic mass is 19.1. The van der Waals surface area contributed by atoms with Gasteiger partial charge in [0.2, 0.25) is 0 Å². The first kappa shape index (κ1) is 17.9. The van der Waals surface area contributed by atoms with Crippen molar-refractivity contribution in [2.45, 2.75) is 6.42 Å². The van der Waals surface area contributed by atoms with Gasteiger partial charge < -0.3 is 15.3 Å². The molecule has 0 bridgehead atoms. The number of carbonyl (C=O) groups is 1. The van der Waals surface area contributed by atoms with Crippen LogP contribution in [0.3, 0.4) is 0 Å². The third-order valence-corrected chi connectivity index (χ3v) is 4.57. The summed E-state index contributed by atoms with van der Waals surface area (Å²) in [6.45, 7) is 0.261. The number of hydrogen-bond donors (Lipinski definition) is 3. The molecule has 0 aliphatic rings. The van der Waals surface area contributed by atoms with Crippen molar-refractivity contribution in [1.82, 2.24) is 15.3 Å². The number of H-pyrrole nitrogens is 2. The molecule has 0 saturated heterocycles. The Kier molecular flexibility index (Phi) is 4.65. The van der Waals surface area contributed by atoms with Crippen molar-refractivity contribution in [3.05, 3.63) is 83.4 Å². The average Bonchev–Trinajstić information content (AvgIpc) is 3.31. The molecule has 7 heteroatoms. The largest absolute Gasteiger partial charge is 0.357 e. The van der Waals surface area contributed by atoms with E-state index in [1.54, 1.807) is 30.5 Å². The summed E-state index contributed by atoms with van der Waals surface area (Å²) in [5.74, 6) is -2.06. The second kappa shape index (κ2) is 7.26. The highest BCUT2D eigenvalue weighted by Gasteiger charge is 2.17. The van der Waals surface area contributed by atoms with Gasteiger partial charge in [-0.15, -0.1) is 0 Å². The van der Waals surface area contributed by atoms with Crippen LogP contribution in [-0.2, 0) is 6.42 Å². The second-order valence-electron chi connectivity index (χ2n) is 6.39. The average molecular weight is 383 g/mol. The SMILES string of the molecule is O=C(NCCc1c(-c2ccc(F)cc2)[nH]c2c(F)cc(F)cc12)c1ccc[nH]1. The molecule has 0 aliphatic carbocycles. The van der Waals surface area contributed by atoms with Crippen LogP contribution in [0, 0.1) is 17.5 Å². The molecular weight excluding hydrogens is 367 g/mol. The standard InChI is InChI=1S/C21H16F3N3O/c22-13-5-3-12(4-6-13)19-15(7-9-26-21(28)18-2-1-8-25-18)16-10-14(23)11-17(24)20(16)27-19/h1-6,8,10-11,25,27H,7,9H2,(H,26,28). The number of halogens is 3. The number of rotatable bonds is 5. The van der Waals surface area contributed by atoms with E-state index >= 15 is 0 Å². The number of fused-ring (bicyclic) bond motifs is 1. The predicted octanol–water partition coefficient (Wildman–Crippen LogP) is 4.55. The first-order valence-corrected chi connectivity index (χ1v) is 8.70. The Labute approximate surface area is 158 Å². The molecule has 1 amide bonds. The number of carbonyl (C=O) groups excluding carboxylic acids is 1. The van der Waals surface area contributed by atoms with Crippen molar-refractivity contribution in [3.63, 3.8) is 0 Å². The van der Waals surface area contributed by atoms with E-state index in [0.29, 0.717) is 34.3 Å². The van der Waals surface area contributed by atoms with Gasteiger partial charge in [-0.1, -0.05) is 0 Å². The van der Waals surface area contributed by atoms with E-state index in [2.05, 4.69) is 15.3 Å². The summed E-state index contributed by atoms with van der Waals surface area (Å²) in [5, 5.41) is 3.17. The first-order chi connectivity index (χ1) is 13.5. The van der Waals surface area contributed by atoms with Gasteiger partial charge in [0.1, 0.15) is 23.1 Å². The Balaban J connectivity index is 1.69. The van der Waals surface area contributed by atoms with E-state index in [9.17, 15) is 18.0 Å². The highest BCUT2D eigenvalue weighted by molar-refractivity contribution is 5.93. The maximum absolute atomic E-state index is 14.3. The van der Waals surface area contributed by atoms with Crippen molar-refractivity contribution in [1.29, 1.82) is 0 Å². The number of amides is 1. The van der Waals surface area contributed by atoms with E-state index in [1.165, 1.54) is 18.2 Å². The van der Waals surface area contributed by atoms with Gasteiger partial charge in [0.25, 0.3) is 5.91 Å². The second-order valence-corrected chi connectivity index (χ2v) is 6.39. The van der Waals surface area contributed by atoms with Gasteiger partial charge in [-0.25, -0.2) is 13.2 Å². The number of nitrogens with one attached hydrogen (secondary N) is 3. The van der Waals surface area contributed by atoms with Gasteiger partial charge in [0.15, 0.2) is 0 Å². The Bertz CT molecular complexity index is 1130. The molecule has 0 radical (unpaired) electrons. The molecule has 2 aromatic carbocycles. The van der Waals surface area contributed by atoms with Gasteiger partial charge in [-0.2, -0.15) is 0 Å². The van der Waals surface area contributed by atoms with Crippen LogP contribution in [0.1, 0.15) is 16.1 Å². The summed E-state index contributed by atoms with van der Waals surface area (Å²) >= 11 is 0. The van der Waals surface area contributed by atoms with Crippen LogP contribution in [0.4, 0.5) is 13.2 Å². The molecule has 4 rings (SSSR count). The molecule has 2 aromatic heterocycles. The maximum Gasteiger partial charge on any atom is 0.267 e. The molecule has 2 heterocycles. The summed E-state index contributed by atoms with van der Waals surface area (Å²) < 4.78 is 41.3. The van der Waals surface area contributed by atoms with Crippen molar-refractivity contribution in [2.75, 3.05) is 6.54 Å². The lowest BCUT2D eigenvalue weighted by molar-refractivity contribution is 0.0950. The Morgan fingerprint density at radius 1 is 1.00 bits per heavy atom. The van der Waals surface area contributed by atoms with E-state index in [4.69, 9.17) is 0 Å². The van der Waals surface area contributed by atoms with Gasteiger partial charge in [-0.3, -0.25) is 4.79 Å². The normalized spacial score (nSPS) is 11.1. The molecule has 0 fully saturated rings. The summed E-state index contributed by atoms with van der Waals surface area (Å²) in [7, 11) is 0. The van der Waals surface area contributed by atoms with Gasteiger partial charge in [0.05, 0.1) is 5.52 Å². The third kappa shape index (κ3) is 3.38. The van der Waals surface area contributed by atoms with E-state index in [0.717, 1.165) is 6.07 Å². The molecule has 4 nitrogen and oxygen atoms in total. The molecule has 0 atom stereocenters. The third-order valence-electron chi connectivity index (χ3n) is 4.57. The molecular formula is C21H16F3N3O. The molecule has 0 saturated carbocycles. The van der Waals surface area contributed by atoms with Crippen molar-refractivity contribution >= 4 is 16.8 Å². The van der Waals surface area contributed by atoms with Crippen LogP contribution in [0.15, 0.2) is 54.7 Å². The molecule has 0 unspecified atom stereocenters. The Morgan fingerprint density at radius 2 is 1.79 bits per heavy atom. The van der Waals surface area contributed by atoms with E-state index in [1.807, 2.05) is 0 Å². The maximum atomic E-state index is 14.3. The quantitative estimate of drug-likeness (QED) is 0.465. The van der Waals surface area contributed by atoms with Crippen LogP contribution in [0.5, 0.6) is 0 Å². The minimum atomic E-state index is -0.708. The predicted molar refractivity (Wildman–Crippen MR) is 100 cm³/mol. The number of benzene rings is 2. The number of hydrogen-bond acceptors (Lipinski definition) is 1. The van der Waals surface area contributed by atoms with E-state index in [-0.39, 0.29) is 18.0 Å². The zero-order valence-electron chi connectivity index (χ0n) is 14.7. The molecule has 0 spiro atoms. The molecule has 3 N–H and O–H groups in total. The fourth-order valence-corrected chi connectivity index (χ4v) is 3.26. The fourth-order valence-electron chi connectivity index (χ4n) is 3.26. The first-order valence-electron chi connectivity index (χ1n) is 8.70. The Morgan fingerprint density at radius 3 is 2.50 bits per heavy atom.